The first kappa shape index (κ1) is 13.3. The van der Waals surface area contributed by atoms with E-state index in [0.29, 0.717) is 5.69 Å². The van der Waals surface area contributed by atoms with Crippen molar-refractivity contribution in [2.75, 3.05) is 5.73 Å². The molecule has 0 saturated heterocycles. The van der Waals surface area contributed by atoms with Gasteiger partial charge in [0.1, 0.15) is 0 Å². The summed E-state index contributed by atoms with van der Waals surface area (Å²) >= 11 is 1.10. The van der Waals surface area contributed by atoms with Crippen molar-refractivity contribution in [3.8, 4) is 0 Å². The maximum Gasteiger partial charge on any atom is 0.324 e. The predicted octanol–water partition coefficient (Wildman–Crippen LogP) is 4.14. The molecule has 0 bridgehead atoms. The molecule has 0 saturated carbocycles. The van der Waals surface area contributed by atoms with Crippen LogP contribution in [0, 0.1) is 10.1 Å². The van der Waals surface area contributed by atoms with Gasteiger partial charge in [-0.1, -0.05) is 35.6 Å². The third kappa shape index (κ3) is 2.61. The SMILES string of the molecule is Nc1ccc(N=Cc2ccc([N+](=O)[O-])s2)c2ccccc12. The van der Waals surface area contributed by atoms with Gasteiger partial charge in [0.05, 0.1) is 15.5 Å². The number of hydrogen-bond donors (Lipinski definition) is 1. The molecular weight excluding hydrogens is 286 g/mol. The van der Waals surface area contributed by atoms with E-state index in [-0.39, 0.29) is 5.00 Å². The van der Waals surface area contributed by atoms with E-state index in [1.54, 1.807) is 12.3 Å². The van der Waals surface area contributed by atoms with Crippen molar-refractivity contribution >= 4 is 44.7 Å². The molecular formula is C15H11N3O2S. The van der Waals surface area contributed by atoms with Crippen LogP contribution in [0.25, 0.3) is 10.8 Å². The Morgan fingerprint density at radius 3 is 2.57 bits per heavy atom. The van der Waals surface area contributed by atoms with Gasteiger partial charge >= 0.3 is 5.00 Å². The fourth-order valence-corrected chi connectivity index (χ4v) is 2.76. The summed E-state index contributed by atoms with van der Waals surface area (Å²) in [5.74, 6) is 0. The van der Waals surface area contributed by atoms with Gasteiger partial charge in [0.2, 0.25) is 0 Å². The number of rotatable bonds is 3. The van der Waals surface area contributed by atoms with Crippen LogP contribution in [0.1, 0.15) is 4.88 Å². The minimum absolute atomic E-state index is 0.110. The van der Waals surface area contributed by atoms with Crippen LogP contribution in [0.5, 0.6) is 0 Å². The second-order valence-corrected chi connectivity index (χ2v) is 5.50. The Morgan fingerprint density at radius 1 is 1.10 bits per heavy atom. The Bertz CT molecular complexity index is 855. The quantitative estimate of drug-likeness (QED) is 0.341. The van der Waals surface area contributed by atoms with Gasteiger partial charge in [-0.2, -0.15) is 0 Å². The second-order valence-electron chi connectivity index (χ2n) is 4.41. The number of nitrogen functional groups attached to an aromatic ring is 1. The van der Waals surface area contributed by atoms with Gasteiger partial charge in [-0.3, -0.25) is 15.1 Å². The first-order valence-electron chi connectivity index (χ1n) is 6.20. The lowest BCUT2D eigenvalue weighted by Crippen LogP contribution is -1.86. The Labute approximate surface area is 124 Å². The molecule has 0 fully saturated rings. The largest absolute Gasteiger partial charge is 0.398 e. The fraction of sp³-hybridized carbons (Fsp3) is 0. The standard InChI is InChI=1S/C15H11N3O2S/c16-13-6-7-14(12-4-2-1-3-11(12)13)17-9-10-5-8-15(21-10)18(19)20/h1-9H,16H2. The minimum atomic E-state index is -0.402. The van der Waals surface area contributed by atoms with Crippen LogP contribution in [-0.2, 0) is 0 Å². The van der Waals surface area contributed by atoms with Gasteiger partial charge in [0, 0.05) is 28.7 Å². The van der Waals surface area contributed by atoms with Crippen LogP contribution in [0.15, 0.2) is 53.5 Å². The summed E-state index contributed by atoms with van der Waals surface area (Å²) in [7, 11) is 0. The zero-order valence-electron chi connectivity index (χ0n) is 10.9. The number of hydrogen-bond acceptors (Lipinski definition) is 5. The van der Waals surface area contributed by atoms with Crippen LogP contribution in [-0.4, -0.2) is 11.1 Å². The molecule has 0 aliphatic rings. The van der Waals surface area contributed by atoms with E-state index in [0.717, 1.165) is 32.7 Å². The predicted molar refractivity (Wildman–Crippen MR) is 86.6 cm³/mol. The van der Waals surface area contributed by atoms with Crippen molar-refractivity contribution in [1.29, 1.82) is 0 Å². The van der Waals surface area contributed by atoms with Crippen LogP contribution in [0.3, 0.4) is 0 Å². The van der Waals surface area contributed by atoms with Crippen LogP contribution < -0.4 is 5.73 Å². The summed E-state index contributed by atoms with van der Waals surface area (Å²) < 4.78 is 0. The number of nitrogens with zero attached hydrogens (tertiary/aromatic N) is 2. The van der Waals surface area contributed by atoms with Crippen molar-refractivity contribution in [2.24, 2.45) is 4.99 Å². The Hall–Kier alpha value is -2.73. The van der Waals surface area contributed by atoms with Gasteiger partial charge in [0.15, 0.2) is 0 Å². The number of nitro groups is 1. The maximum absolute atomic E-state index is 10.7. The molecule has 3 aromatic rings. The highest BCUT2D eigenvalue weighted by Crippen LogP contribution is 2.30. The average Bonchev–Trinajstić information content (AvgIpc) is 2.96. The number of thiophene rings is 1. The first-order valence-corrected chi connectivity index (χ1v) is 7.02. The van der Waals surface area contributed by atoms with E-state index in [9.17, 15) is 10.1 Å². The monoisotopic (exact) mass is 297 g/mol. The Morgan fingerprint density at radius 2 is 1.86 bits per heavy atom. The molecule has 0 spiro atoms. The summed E-state index contributed by atoms with van der Waals surface area (Å²) in [6.07, 6.45) is 1.63. The van der Waals surface area contributed by atoms with Crippen molar-refractivity contribution in [1.82, 2.24) is 0 Å². The number of anilines is 1. The van der Waals surface area contributed by atoms with E-state index in [1.807, 2.05) is 36.4 Å². The topological polar surface area (TPSA) is 81.5 Å². The third-order valence-electron chi connectivity index (χ3n) is 3.06. The second kappa shape index (κ2) is 5.34. The van der Waals surface area contributed by atoms with E-state index in [2.05, 4.69) is 4.99 Å². The lowest BCUT2D eigenvalue weighted by atomic mass is 10.1. The smallest absolute Gasteiger partial charge is 0.324 e. The van der Waals surface area contributed by atoms with Gasteiger partial charge in [-0.05, 0) is 18.2 Å². The highest BCUT2D eigenvalue weighted by Gasteiger charge is 2.08. The van der Waals surface area contributed by atoms with Gasteiger partial charge < -0.3 is 5.73 Å². The molecule has 1 heterocycles. The van der Waals surface area contributed by atoms with Gasteiger partial charge in [-0.25, -0.2) is 0 Å². The zero-order valence-corrected chi connectivity index (χ0v) is 11.7. The molecule has 104 valence electrons. The Kier molecular flexibility index (Phi) is 3.37. The number of aliphatic imine (C=N–C) groups is 1. The molecule has 2 N–H and O–H groups in total. The molecule has 1 aromatic heterocycles. The number of benzene rings is 2. The molecule has 0 atom stereocenters. The van der Waals surface area contributed by atoms with Crippen molar-refractivity contribution in [3.05, 3.63) is 63.5 Å². The summed E-state index contributed by atoms with van der Waals surface area (Å²) in [4.78, 5) is 15.4. The summed E-state index contributed by atoms with van der Waals surface area (Å²) in [6.45, 7) is 0. The average molecular weight is 297 g/mol. The summed E-state index contributed by atoms with van der Waals surface area (Å²) in [6, 6.07) is 14.6. The lowest BCUT2D eigenvalue weighted by molar-refractivity contribution is -0.380. The number of fused-ring (bicyclic) bond motifs is 1. The van der Waals surface area contributed by atoms with E-state index < -0.39 is 4.92 Å². The molecule has 21 heavy (non-hydrogen) atoms. The maximum atomic E-state index is 10.7. The highest BCUT2D eigenvalue weighted by molar-refractivity contribution is 7.16. The third-order valence-corrected chi connectivity index (χ3v) is 4.03. The van der Waals surface area contributed by atoms with Crippen LogP contribution in [0.4, 0.5) is 16.4 Å². The van der Waals surface area contributed by atoms with Crippen molar-refractivity contribution < 1.29 is 4.92 Å². The fourth-order valence-electron chi connectivity index (χ4n) is 2.06. The molecule has 5 nitrogen and oxygen atoms in total. The zero-order chi connectivity index (χ0) is 14.8. The molecule has 3 rings (SSSR count). The van der Waals surface area contributed by atoms with Gasteiger partial charge in [-0.15, -0.1) is 0 Å². The summed E-state index contributed by atoms with van der Waals surface area (Å²) in [5, 5.41) is 12.7. The molecule has 0 aliphatic carbocycles. The van der Waals surface area contributed by atoms with E-state index in [4.69, 9.17) is 5.73 Å². The van der Waals surface area contributed by atoms with Crippen LogP contribution >= 0.6 is 11.3 Å². The van der Waals surface area contributed by atoms with Crippen molar-refractivity contribution in [2.45, 2.75) is 0 Å². The van der Waals surface area contributed by atoms with E-state index in [1.165, 1.54) is 6.07 Å². The molecule has 0 unspecified atom stereocenters. The van der Waals surface area contributed by atoms with E-state index >= 15 is 0 Å². The molecule has 0 aliphatic heterocycles. The van der Waals surface area contributed by atoms with Gasteiger partial charge in [0.25, 0.3) is 0 Å². The molecule has 0 radical (unpaired) electrons. The Balaban J connectivity index is 1.99. The molecule has 0 amide bonds. The van der Waals surface area contributed by atoms with Crippen molar-refractivity contribution in [3.63, 3.8) is 0 Å². The number of nitrogens with two attached hydrogens (primary N) is 1. The lowest BCUT2D eigenvalue weighted by Gasteiger charge is -2.04. The summed E-state index contributed by atoms with van der Waals surface area (Å²) in [5.41, 5.74) is 7.44. The minimum Gasteiger partial charge on any atom is -0.398 e. The van der Waals surface area contributed by atoms with Crippen LogP contribution in [0.2, 0.25) is 0 Å². The molecule has 6 heteroatoms. The molecule has 2 aromatic carbocycles. The first-order chi connectivity index (χ1) is 10.1. The normalized spacial score (nSPS) is 11.2. The highest BCUT2D eigenvalue weighted by atomic mass is 32.1.